The molecule has 38 heavy (non-hydrogen) atoms. The molecule has 3 rings (SSSR count). The predicted octanol–water partition coefficient (Wildman–Crippen LogP) is 6.48. The molecule has 0 aliphatic carbocycles. The molecule has 2 N–H and O–H groups in total. The topological polar surface area (TPSA) is 89.0 Å². The van der Waals surface area contributed by atoms with Crippen LogP contribution in [0.1, 0.15) is 42.3 Å². The molecule has 0 aliphatic heterocycles. The zero-order valence-corrected chi connectivity index (χ0v) is 24.8. The van der Waals surface area contributed by atoms with E-state index in [1.54, 1.807) is 42.5 Å². The van der Waals surface area contributed by atoms with E-state index in [1.807, 2.05) is 39.0 Å². The summed E-state index contributed by atoms with van der Waals surface area (Å²) in [5.41, 5.74) is 4.50. The van der Waals surface area contributed by atoms with Gasteiger partial charge in [-0.3, -0.25) is 9.59 Å². The second-order valence-electron chi connectivity index (χ2n) is 8.58. The van der Waals surface area contributed by atoms with E-state index in [2.05, 4.69) is 38.4 Å². The van der Waals surface area contributed by atoms with Crippen LogP contribution in [0.25, 0.3) is 0 Å². The molecular weight excluding hydrogens is 640 g/mol. The number of rotatable bonds is 11. The Labute approximate surface area is 246 Å². The number of carbonyl (C=O) groups is 2. The first-order valence-corrected chi connectivity index (χ1v) is 13.7. The minimum atomic E-state index is -0.755. The van der Waals surface area contributed by atoms with Gasteiger partial charge in [-0.25, -0.2) is 5.43 Å². The fourth-order valence-corrected chi connectivity index (χ4v) is 4.69. The number of halogens is 3. The number of hydrogen-bond donors (Lipinski definition) is 2. The summed E-state index contributed by atoms with van der Waals surface area (Å²) in [6.45, 7) is 6.25. The van der Waals surface area contributed by atoms with E-state index in [4.69, 9.17) is 32.7 Å². The van der Waals surface area contributed by atoms with Crippen molar-refractivity contribution in [1.82, 2.24) is 10.7 Å². The number of hydrazone groups is 1. The summed E-state index contributed by atoms with van der Waals surface area (Å²) in [4.78, 5) is 25.3. The number of carbonyl (C=O) groups excluding carboxylic acids is 2. The first-order valence-electron chi connectivity index (χ1n) is 11.9. The third kappa shape index (κ3) is 8.34. The smallest absolute Gasteiger partial charge is 0.262 e. The van der Waals surface area contributed by atoms with Gasteiger partial charge in [0.05, 0.1) is 16.4 Å². The van der Waals surface area contributed by atoms with E-state index in [0.717, 1.165) is 9.13 Å². The average molecular weight is 668 g/mol. The molecule has 0 bridgehead atoms. The molecule has 1 atom stereocenters. The number of nitrogens with one attached hydrogen (secondary N) is 2. The van der Waals surface area contributed by atoms with Gasteiger partial charge < -0.3 is 14.8 Å². The van der Waals surface area contributed by atoms with E-state index in [-0.39, 0.29) is 18.4 Å². The fraction of sp³-hybridized carbons (Fsp3) is 0.250. The van der Waals surface area contributed by atoms with Crippen LogP contribution in [0.15, 0.2) is 65.8 Å². The van der Waals surface area contributed by atoms with Crippen LogP contribution < -0.4 is 20.2 Å². The third-order valence-corrected chi connectivity index (χ3v) is 6.77. The van der Waals surface area contributed by atoms with Crippen molar-refractivity contribution in [2.45, 2.75) is 33.4 Å². The zero-order chi connectivity index (χ0) is 27.7. The lowest BCUT2D eigenvalue weighted by Crippen LogP contribution is -2.48. The Morgan fingerprint density at radius 3 is 2.45 bits per heavy atom. The van der Waals surface area contributed by atoms with Gasteiger partial charge in [0.2, 0.25) is 0 Å². The first-order chi connectivity index (χ1) is 18.2. The van der Waals surface area contributed by atoms with Gasteiger partial charge >= 0.3 is 0 Å². The number of ether oxygens (including phenoxy) is 2. The van der Waals surface area contributed by atoms with Gasteiger partial charge in [0, 0.05) is 21.2 Å². The van der Waals surface area contributed by atoms with Crippen molar-refractivity contribution in [2.75, 3.05) is 6.61 Å². The van der Waals surface area contributed by atoms with Gasteiger partial charge in [0.25, 0.3) is 11.8 Å². The lowest BCUT2D eigenvalue weighted by Gasteiger charge is -2.20. The Morgan fingerprint density at radius 2 is 1.79 bits per heavy atom. The Kier molecular flexibility index (Phi) is 11.2. The average Bonchev–Trinajstić information content (AvgIpc) is 2.88. The van der Waals surface area contributed by atoms with Crippen LogP contribution in [0.2, 0.25) is 10.0 Å². The largest absolute Gasteiger partial charge is 0.490 e. The second kappa shape index (κ2) is 14.4. The predicted molar refractivity (Wildman–Crippen MR) is 159 cm³/mol. The molecule has 0 spiro atoms. The van der Waals surface area contributed by atoms with Crippen molar-refractivity contribution in [3.05, 3.63) is 91.0 Å². The molecule has 2 amide bonds. The van der Waals surface area contributed by atoms with E-state index in [0.29, 0.717) is 39.3 Å². The summed E-state index contributed by atoms with van der Waals surface area (Å²) >= 11 is 14.4. The van der Waals surface area contributed by atoms with Crippen LogP contribution in [0.5, 0.6) is 11.5 Å². The minimum absolute atomic E-state index is 0.144. The Hall–Kier alpha value is -2.82. The third-order valence-electron chi connectivity index (χ3n) is 5.38. The lowest BCUT2D eigenvalue weighted by atomic mass is 10.0. The normalized spacial score (nSPS) is 11.9. The molecule has 0 aromatic heterocycles. The van der Waals surface area contributed by atoms with Gasteiger partial charge in [-0.15, -0.1) is 0 Å². The summed E-state index contributed by atoms with van der Waals surface area (Å²) < 4.78 is 12.6. The minimum Gasteiger partial charge on any atom is -0.490 e. The summed E-state index contributed by atoms with van der Waals surface area (Å²) in [6.07, 6.45) is 1.51. The van der Waals surface area contributed by atoms with Gasteiger partial charge in [0.15, 0.2) is 11.5 Å². The molecule has 3 aromatic rings. The maximum absolute atomic E-state index is 12.8. The lowest BCUT2D eigenvalue weighted by molar-refractivity contribution is -0.123. The fourth-order valence-electron chi connectivity index (χ4n) is 3.44. The summed E-state index contributed by atoms with van der Waals surface area (Å²) in [7, 11) is 0. The highest BCUT2D eigenvalue weighted by Gasteiger charge is 2.24. The number of amides is 2. The van der Waals surface area contributed by atoms with Crippen molar-refractivity contribution in [3.8, 4) is 11.5 Å². The first kappa shape index (κ1) is 29.7. The van der Waals surface area contributed by atoms with Crippen molar-refractivity contribution in [2.24, 2.45) is 11.0 Å². The molecule has 0 aliphatic rings. The molecule has 0 radical (unpaired) electrons. The SMILES string of the molecule is CCOc1cc(C=NNC(=O)C(NC(=O)c2ccccc2)C(C)C)cc(I)c1OCc1ccc(Cl)cc1Cl. The van der Waals surface area contributed by atoms with Gasteiger partial charge in [-0.1, -0.05) is 61.3 Å². The van der Waals surface area contributed by atoms with Crippen molar-refractivity contribution in [3.63, 3.8) is 0 Å². The molecule has 200 valence electrons. The Balaban J connectivity index is 1.69. The highest BCUT2D eigenvalue weighted by molar-refractivity contribution is 14.1. The van der Waals surface area contributed by atoms with E-state index >= 15 is 0 Å². The molecule has 0 saturated carbocycles. The molecule has 0 heterocycles. The van der Waals surface area contributed by atoms with E-state index < -0.39 is 11.9 Å². The van der Waals surface area contributed by atoms with Crippen LogP contribution in [0, 0.1) is 9.49 Å². The second-order valence-corrected chi connectivity index (χ2v) is 10.6. The number of nitrogens with zero attached hydrogens (tertiary/aromatic N) is 1. The summed E-state index contributed by atoms with van der Waals surface area (Å²) in [5.74, 6) is 0.222. The standard InChI is InChI=1S/C28H28Cl2IN3O4/c1-4-37-24-13-18(12-23(31)26(24)38-16-20-10-11-21(29)14-22(20)30)15-32-34-28(36)25(17(2)3)33-27(35)19-8-6-5-7-9-19/h5-15,17,25H,4,16H2,1-3H3,(H,33,35)(H,34,36). The Bertz CT molecular complexity index is 1300. The molecular formula is C28H28Cl2IN3O4. The van der Waals surface area contributed by atoms with Gasteiger partial charge in [-0.05, 0) is 77.4 Å². The van der Waals surface area contributed by atoms with Crippen LogP contribution in [0.3, 0.4) is 0 Å². The zero-order valence-electron chi connectivity index (χ0n) is 21.1. The molecule has 10 heteroatoms. The maximum Gasteiger partial charge on any atom is 0.262 e. The van der Waals surface area contributed by atoms with E-state index in [1.165, 1.54) is 6.21 Å². The highest BCUT2D eigenvalue weighted by Crippen LogP contribution is 2.35. The molecule has 1 unspecified atom stereocenters. The molecule has 0 fully saturated rings. The Morgan fingerprint density at radius 1 is 1.05 bits per heavy atom. The van der Waals surface area contributed by atoms with Crippen molar-refractivity contribution in [1.29, 1.82) is 0 Å². The van der Waals surface area contributed by atoms with Gasteiger partial charge in [0.1, 0.15) is 12.6 Å². The number of benzene rings is 3. The van der Waals surface area contributed by atoms with E-state index in [9.17, 15) is 9.59 Å². The van der Waals surface area contributed by atoms with Crippen LogP contribution >= 0.6 is 45.8 Å². The molecule has 3 aromatic carbocycles. The monoisotopic (exact) mass is 667 g/mol. The van der Waals surface area contributed by atoms with Gasteiger partial charge in [-0.2, -0.15) is 5.10 Å². The molecule has 7 nitrogen and oxygen atoms in total. The van der Waals surface area contributed by atoms with Crippen LogP contribution in [0.4, 0.5) is 0 Å². The van der Waals surface area contributed by atoms with Crippen molar-refractivity contribution >= 4 is 63.8 Å². The van der Waals surface area contributed by atoms with Crippen molar-refractivity contribution < 1.29 is 19.1 Å². The number of hydrogen-bond acceptors (Lipinski definition) is 5. The van der Waals surface area contributed by atoms with Crippen LogP contribution in [-0.4, -0.2) is 30.7 Å². The summed E-state index contributed by atoms with van der Waals surface area (Å²) in [5, 5.41) is 7.95. The highest BCUT2D eigenvalue weighted by atomic mass is 127. The summed E-state index contributed by atoms with van der Waals surface area (Å²) in [6, 6.07) is 16.9. The van der Waals surface area contributed by atoms with Crippen LogP contribution in [-0.2, 0) is 11.4 Å². The maximum atomic E-state index is 12.8. The molecule has 0 saturated heterocycles. The quantitative estimate of drug-likeness (QED) is 0.139.